The van der Waals surface area contributed by atoms with Crippen molar-refractivity contribution < 1.29 is 4.39 Å². The van der Waals surface area contributed by atoms with Crippen molar-refractivity contribution >= 4 is 38.6 Å². The SMILES string of the molecule is Cc1cccc2[nH]c(-c3ccc(-c4nc(-c5c(F)cccc5Cl)[nH]c4Br)cc3)nc12. The summed E-state index contributed by atoms with van der Waals surface area (Å²) in [6, 6.07) is 18.5. The molecule has 0 saturated carbocycles. The van der Waals surface area contributed by atoms with Crippen molar-refractivity contribution in [1.82, 2.24) is 19.9 Å². The minimum atomic E-state index is -0.425. The number of halogens is 3. The Balaban J connectivity index is 1.51. The summed E-state index contributed by atoms with van der Waals surface area (Å²) in [6.45, 7) is 2.05. The van der Waals surface area contributed by atoms with Gasteiger partial charge < -0.3 is 9.97 Å². The zero-order valence-corrected chi connectivity index (χ0v) is 18.1. The highest BCUT2D eigenvalue weighted by atomic mass is 79.9. The van der Waals surface area contributed by atoms with Gasteiger partial charge in [0.2, 0.25) is 0 Å². The Morgan fingerprint density at radius 2 is 1.60 bits per heavy atom. The van der Waals surface area contributed by atoms with Crippen LogP contribution in [0, 0.1) is 12.7 Å². The second-order valence-electron chi connectivity index (χ2n) is 6.98. The molecule has 2 heterocycles. The minimum absolute atomic E-state index is 0.250. The van der Waals surface area contributed by atoms with E-state index in [0.717, 1.165) is 33.5 Å². The Labute approximate surface area is 185 Å². The van der Waals surface area contributed by atoms with Crippen LogP contribution in [0.5, 0.6) is 0 Å². The van der Waals surface area contributed by atoms with Gasteiger partial charge in [-0.1, -0.05) is 54.1 Å². The molecule has 148 valence electrons. The van der Waals surface area contributed by atoms with Crippen molar-refractivity contribution in [2.75, 3.05) is 0 Å². The van der Waals surface area contributed by atoms with Gasteiger partial charge in [-0.3, -0.25) is 0 Å². The van der Waals surface area contributed by atoms with Crippen molar-refractivity contribution in [2.24, 2.45) is 0 Å². The predicted octanol–water partition coefficient (Wildman–Crippen LogP) is 7.15. The molecule has 0 unspecified atom stereocenters. The normalized spacial score (nSPS) is 11.3. The molecule has 0 aliphatic carbocycles. The fourth-order valence-electron chi connectivity index (χ4n) is 3.48. The molecule has 0 fully saturated rings. The number of aromatic nitrogens is 4. The third kappa shape index (κ3) is 3.22. The summed E-state index contributed by atoms with van der Waals surface area (Å²) in [5, 5.41) is 0.304. The van der Waals surface area contributed by atoms with Crippen LogP contribution in [0.4, 0.5) is 4.39 Å². The van der Waals surface area contributed by atoms with Crippen molar-refractivity contribution in [2.45, 2.75) is 6.92 Å². The molecule has 0 spiro atoms. The van der Waals surface area contributed by atoms with Crippen LogP contribution in [-0.2, 0) is 0 Å². The van der Waals surface area contributed by atoms with Gasteiger partial charge in [-0.25, -0.2) is 14.4 Å². The molecule has 0 saturated heterocycles. The summed E-state index contributed by atoms with van der Waals surface area (Å²) in [7, 11) is 0. The Morgan fingerprint density at radius 1 is 0.867 bits per heavy atom. The lowest BCUT2D eigenvalue weighted by Gasteiger charge is -2.02. The van der Waals surface area contributed by atoms with E-state index in [1.807, 2.05) is 49.4 Å². The number of para-hydroxylation sites is 1. The summed E-state index contributed by atoms with van der Waals surface area (Å²) in [4.78, 5) is 15.7. The smallest absolute Gasteiger partial charge is 0.143 e. The largest absolute Gasteiger partial charge is 0.338 e. The monoisotopic (exact) mass is 480 g/mol. The van der Waals surface area contributed by atoms with Crippen LogP contribution in [0.15, 0.2) is 65.3 Å². The van der Waals surface area contributed by atoms with Gasteiger partial charge in [0.05, 0.1) is 21.6 Å². The molecule has 2 aromatic heterocycles. The van der Waals surface area contributed by atoms with Crippen LogP contribution >= 0.6 is 27.5 Å². The van der Waals surface area contributed by atoms with Crippen LogP contribution < -0.4 is 0 Å². The lowest BCUT2D eigenvalue weighted by atomic mass is 10.1. The van der Waals surface area contributed by atoms with Gasteiger partial charge in [0.1, 0.15) is 27.8 Å². The summed E-state index contributed by atoms with van der Waals surface area (Å²) < 4.78 is 14.9. The van der Waals surface area contributed by atoms with E-state index in [0.29, 0.717) is 21.1 Å². The standard InChI is InChI=1S/C23H15BrClFN4/c1-12-4-2-7-17-19(12)28-22(27-17)14-10-8-13(9-11-14)20-21(24)30-23(29-20)18-15(25)5-3-6-16(18)26/h2-11H,1H3,(H,27,28)(H,29,30). The Kier molecular flexibility index (Phi) is 4.68. The van der Waals surface area contributed by atoms with Crippen molar-refractivity contribution in [3.05, 3.63) is 81.7 Å². The number of hydrogen-bond acceptors (Lipinski definition) is 2. The zero-order chi connectivity index (χ0) is 20.8. The number of benzene rings is 3. The highest BCUT2D eigenvalue weighted by Crippen LogP contribution is 2.34. The average molecular weight is 482 g/mol. The van der Waals surface area contributed by atoms with E-state index in [2.05, 4.69) is 30.9 Å². The summed E-state index contributed by atoms with van der Waals surface area (Å²) >= 11 is 9.67. The highest BCUT2D eigenvalue weighted by molar-refractivity contribution is 9.10. The maximum Gasteiger partial charge on any atom is 0.143 e. The lowest BCUT2D eigenvalue weighted by molar-refractivity contribution is 0.630. The van der Waals surface area contributed by atoms with E-state index in [-0.39, 0.29) is 5.56 Å². The van der Waals surface area contributed by atoms with E-state index in [1.54, 1.807) is 12.1 Å². The average Bonchev–Trinajstić information content (AvgIpc) is 3.33. The highest BCUT2D eigenvalue weighted by Gasteiger charge is 2.17. The summed E-state index contributed by atoms with van der Waals surface area (Å²) in [6.07, 6.45) is 0. The third-order valence-corrected chi connectivity index (χ3v) is 5.89. The first-order valence-corrected chi connectivity index (χ1v) is 10.4. The van der Waals surface area contributed by atoms with Crippen LogP contribution in [0.1, 0.15) is 5.56 Å². The Hall–Kier alpha value is -2.96. The molecule has 30 heavy (non-hydrogen) atoms. The number of aryl methyl sites for hydroxylation is 1. The quantitative estimate of drug-likeness (QED) is 0.287. The van der Waals surface area contributed by atoms with Crippen LogP contribution in [0.2, 0.25) is 5.02 Å². The van der Waals surface area contributed by atoms with E-state index in [4.69, 9.17) is 16.6 Å². The van der Waals surface area contributed by atoms with Gasteiger partial charge in [0.15, 0.2) is 0 Å². The second-order valence-corrected chi connectivity index (χ2v) is 8.18. The first-order valence-electron chi connectivity index (χ1n) is 9.27. The van der Waals surface area contributed by atoms with E-state index in [1.165, 1.54) is 6.07 Å². The van der Waals surface area contributed by atoms with Crippen molar-refractivity contribution in [1.29, 1.82) is 0 Å². The molecule has 0 aliphatic heterocycles. The number of fused-ring (bicyclic) bond motifs is 1. The maximum absolute atomic E-state index is 14.3. The molecule has 3 aromatic carbocycles. The number of aromatic amines is 2. The molecule has 4 nitrogen and oxygen atoms in total. The Morgan fingerprint density at radius 3 is 2.33 bits per heavy atom. The van der Waals surface area contributed by atoms with Gasteiger partial charge >= 0.3 is 0 Å². The number of hydrogen-bond donors (Lipinski definition) is 2. The molecule has 0 atom stereocenters. The van der Waals surface area contributed by atoms with E-state index < -0.39 is 5.82 Å². The molecule has 0 amide bonds. The lowest BCUT2D eigenvalue weighted by Crippen LogP contribution is -1.88. The number of rotatable bonds is 3. The molecule has 7 heteroatoms. The fourth-order valence-corrected chi connectivity index (χ4v) is 4.24. The first-order chi connectivity index (χ1) is 14.5. The second kappa shape index (κ2) is 7.38. The molecule has 0 aliphatic rings. The Bertz CT molecular complexity index is 1370. The first kappa shape index (κ1) is 19.0. The van der Waals surface area contributed by atoms with Gasteiger partial charge in [-0.05, 0) is 46.6 Å². The summed E-state index contributed by atoms with van der Waals surface area (Å²) in [5.41, 5.74) is 5.89. The molecule has 5 rings (SSSR count). The van der Waals surface area contributed by atoms with E-state index in [9.17, 15) is 4.39 Å². The molecule has 5 aromatic rings. The van der Waals surface area contributed by atoms with Gasteiger partial charge in [-0.15, -0.1) is 0 Å². The number of nitrogens with one attached hydrogen (secondary N) is 2. The molecule has 0 radical (unpaired) electrons. The van der Waals surface area contributed by atoms with Crippen LogP contribution in [0.3, 0.4) is 0 Å². The number of nitrogens with zero attached hydrogens (tertiary/aromatic N) is 2. The van der Waals surface area contributed by atoms with Gasteiger partial charge in [0, 0.05) is 11.1 Å². The van der Waals surface area contributed by atoms with Crippen molar-refractivity contribution in [3.8, 4) is 34.0 Å². The minimum Gasteiger partial charge on any atom is -0.338 e. The maximum atomic E-state index is 14.3. The van der Waals surface area contributed by atoms with Crippen molar-refractivity contribution in [3.63, 3.8) is 0 Å². The third-order valence-electron chi connectivity index (χ3n) is 5.01. The molecule has 0 bridgehead atoms. The number of H-pyrrole nitrogens is 2. The molecule has 2 N–H and O–H groups in total. The topological polar surface area (TPSA) is 57.4 Å². The molecular weight excluding hydrogens is 467 g/mol. The fraction of sp³-hybridized carbons (Fsp3) is 0.0435. The van der Waals surface area contributed by atoms with Gasteiger partial charge in [-0.2, -0.15) is 0 Å². The van der Waals surface area contributed by atoms with Crippen LogP contribution in [0.25, 0.3) is 45.1 Å². The number of imidazole rings is 2. The zero-order valence-electron chi connectivity index (χ0n) is 15.8. The molecular formula is C23H15BrClFN4. The predicted molar refractivity (Wildman–Crippen MR) is 122 cm³/mol. The summed E-state index contributed by atoms with van der Waals surface area (Å²) in [5.74, 6) is 0.758. The van der Waals surface area contributed by atoms with Crippen LogP contribution in [-0.4, -0.2) is 19.9 Å². The van der Waals surface area contributed by atoms with Gasteiger partial charge in [0.25, 0.3) is 0 Å². The van der Waals surface area contributed by atoms with E-state index >= 15 is 0 Å².